The van der Waals surface area contributed by atoms with E-state index >= 15 is 0 Å². The third kappa shape index (κ3) is 3.39. The van der Waals surface area contributed by atoms with Gasteiger partial charge in [0.15, 0.2) is 11.0 Å². The molecule has 1 aromatic heterocycles. The molecule has 0 radical (unpaired) electrons. The van der Waals surface area contributed by atoms with Gasteiger partial charge in [-0.05, 0) is 29.8 Å². The smallest absolute Gasteiger partial charge is 0.191 e. The van der Waals surface area contributed by atoms with Crippen molar-refractivity contribution >= 4 is 23.4 Å². The second kappa shape index (κ2) is 7.23. The maximum atomic E-state index is 13.1. The Bertz CT molecular complexity index is 869. The van der Waals surface area contributed by atoms with Crippen LogP contribution in [0.25, 0.3) is 11.4 Å². The number of thioether (sulfide) groups is 1. The number of hydrogen-bond acceptors (Lipinski definition) is 4. The lowest BCUT2D eigenvalue weighted by Gasteiger charge is -2.08. The van der Waals surface area contributed by atoms with Crippen molar-refractivity contribution in [3.8, 4) is 17.1 Å². The molecule has 0 fully saturated rings. The van der Waals surface area contributed by atoms with Gasteiger partial charge in [-0.2, -0.15) is 0 Å². The predicted molar refractivity (Wildman–Crippen MR) is 94.0 cm³/mol. The van der Waals surface area contributed by atoms with Crippen LogP contribution >= 0.6 is 23.4 Å². The molecule has 3 rings (SSSR count). The molecule has 0 aliphatic rings. The average molecular weight is 364 g/mol. The van der Waals surface area contributed by atoms with Gasteiger partial charge in [0.25, 0.3) is 0 Å². The Balaban J connectivity index is 1.83. The summed E-state index contributed by atoms with van der Waals surface area (Å²) in [5.41, 5.74) is 1.73. The fourth-order valence-electron chi connectivity index (χ4n) is 2.29. The van der Waals surface area contributed by atoms with Gasteiger partial charge in [0.2, 0.25) is 0 Å². The third-order valence-corrected chi connectivity index (χ3v) is 4.98. The van der Waals surface area contributed by atoms with E-state index in [9.17, 15) is 4.39 Å². The molecule has 0 saturated heterocycles. The first kappa shape index (κ1) is 16.8. The number of methoxy groups -OCH3 is 1. The Hall–Kier alpha value is -2.05. The van der Waals surface area contributed by atoms with Crippen LogP contribution in [-0.4, -0.2) is 21.9 Å². The molecule has 1 heterocycles. The van der Waals surface area contributed by atoms with E-state index in [1.54, 1.807) is 13.2 Å². The number of hydrogen-bond donors (Lipinski definition) is 0. The zero-order chi connectivity index (χ0) is 17.1. The van der Waals surface area contributed by atoms with Crippen molar-refractivity contribution in [3.63, 3.8) is 0 Å². The van der Waals surface area contributed by atoms with Crippen LogP contribution < -0.4 is 4.74 Å². The summed E-state index contributed by atoms with van der Waals surface area (Å²) < 4.78 is 20.4. The van der Waals surface area contributed by atoms with Crippen molar-refractivity contribution in [1.82, 2.24) is 14.8 Å². The highest BCUT2D eigenvalue weighted by Crippen LogP contribution is 2.31. The van der Waals surface area contributed by atoms with Crippen molar-refractivity contribution in [2.45, 2.75) is 10.9 Å². The summed E-state index contributed by atoms with van der Waals surface area (Å²) in [4.78, 5) is 0. The van der Waals surface area contributed by atoms with Gasteiger partial charge in [0, 0.05) is 17.8 Å². The highest BCUT2D eigenvalue weighted by molar-refractivity contribution is 7.98. The predicted octanol–water partition coefficient (Wildman–Crippen LogP) is 4.58. The Morgan fingerprint density at radius 3 is 2.75 bits per heavy atom. The lowest BCUT2D eigenvalue weighted by Crippen LogP contribution is -1.97. The molecule has 2 aromatic carbocycles. The molecule has 0 N–H and O–H groups in total. The van der Waals surface area contributed by atoms with E-state index in [1.165, 1.54) is 23.9 Å². The first-order valence-electron chi connectivity index (χ1n) is 7.19. The summed E-state index contributed by atoms with van der Waals surface area (Å²) in [7, 11) is 3.53. The minimum absolute atomic E-state index is 0.342. The second-order valence-corrected chi connectivity index (χ2v) is 6.44. The molecule has 0 bridgehead atoms. The first-order chi connectivity index (χ1) is 11.6. The molecule has 24 heavy (non-hydrogen) atoms. The van der Waals surface area contributed by atoms with E-state index in [2.05, 4.69) is 10.2 Å². The van der Waals surface area contributed by atoms with Gasteiger partial charge in [-0.1, -0.05) is 41.6 Å². The lowest BCUT2D eigenvalue weighted by atomic mass is 10.2. The number of aromatic nitrogens is 3. The maximum absolute atomic E-state index is 13.1. The average Bonchev–Trinajstić information content (AvgIpc) is 2.94. The highest BCUT2D eigenvalue weighted by atomic mass is 35.5. The van der Waals surface area contributed by atoms with Crippen molar-refractivity contribution in [1.29, 1.82) is 0 Å². The Labute approximate surface area is 148 Å². The van der Waals surface area contributed by atoms with Crippen LogP contribution in [0.3, 0.4) is 0 Å². The molecule has 0 atom stereocenters. The number of nitrogens with zero attached hydrogens (tertiary/aromatic N) is 3. The molecule has 0 aliphatic heterocycles. The van der Waals surface area contributed by atoms with E-state index in [0.29, 0.717) is 10.8 Å². The molecular weight excluding hydrogens is 349 g/mol. The minimum Gasteiger partial charge on any atom is -0.496 e. The number of benzene rings is 2. The molecule has 0 saturated carbocycles. The standard InChI is InChI=1S/C17H15ClFN3OS/c1-22-16(13-5-3-4-6-15(13)23-2)20-21-17(22)24-10-11-7-8-12(19)9-14(11)18/h3-9H,10H2,1-2H3. The van der Waals surface area contributed by atoms with Crippen molar-refractivity contribution in [2.24, 2.45) is 7.05 Å². The fraction of sp³-hybridized carbons (Fsp3) is 0.176. The van der Waals surface area contributed by atoms with E-state index in [-0.39, 0.29) is 5.82 Å². The summed E-state index contributed by atoms with van der Waals surface area (Å²) in [6, 6.07) is 12.1. The van der Waals surface area contributed by atoms with Gasteiger partial charge < -0.3 is 9.30 Å². The SMILES string of the molecule is COc1ccccc1-c1nnc(SCc2ccc(F)cc2Cl)n1C. The zero-order valence-corrected chi connectivity index (χ0v) is 14.7. The van der Waals surface area contributed by atoms with Gasteiger partial charge in [0.05, 0.1) is 12.7 Å². The van der Waals surface area contributed by atoms with Crippen LogP contribution in [-0.2, 0) is 12.8 Å². The summed E-state index contributed by atoms with van der Waals surface area (Å²) in [5, 5.41) is 9.65. The minimum atomic E-state index is -0.342. The van der Waals surface area contributed by atoms with E-state index < -0.39 is 0 Å². The highest BCUT2D eigenvalue weighted by Gasteiger charge is 2.15. The Kier molecular flexibility index (Phi) is 5.06. The molecule has 0 aliphatic carbocycles. The molecule has 0 unspecified atom stereocenters. The molecular formula is C17H15ClFN3OS. The molecule has 0 amide bonds. The van der Waals surface area contributed by atoms with Crippen LogP contribution in [0.5, 0.6) is 5.75 Å². The van der Waals surface area contributed by atoms with Crippen LogP contribution in [0.15, 0.2) is 47.6 Å². The quantitative estimate of drug-likeness (QED) is 0.622. The lowest BCUT2D eigenvalue weighted by molar-refractivity contribution is 0.416. The maximum Gasteiger partial charge on any atom is 0.191 e. The Morgan fingerprint density at radius 2 is 2.00 bits per heavy atom. The molecule has 7 heteroatoms. The van der Waals surface area contributed by atoms with Crippen LogP contribution in [0.2, 0.25) is 5.02 Å². The first-order valence-corrected chi connectivity index (χ1v) is 8.56. The number of halogens is 2. The van der Waals surface area contributed by atoms with Crippen molar-refractivity contribution in [2.75, 3.05) is 7.11 Å². The summed E-state index contributed by atoms with van der Waals surface area (Å²) in [6.07, 6.45) is 0. The van der Waals surface area contributed by atoms with Crippen LogP contribution in [0, 0.1) is 5.82 Å². The van der Waals surface area contributed by atoms with E-state index in [1.807, 2.05) is 35.9 Å². The summed E-state index contributed by atoms with van der Waals surface area (Å²) in [6.45, 7) is 0. The van der Waals surface area contributed by atoms with Gasteiger partial charge in [-0.3, -0.25) is 0 Å². The normalized spacial score (nSPS) is 10.8. The van der Waals surface area contributed by atoms with Gasteiger partial charge in [-0.15, -0.1) is 10.2 Å². The largest absolute Gasteiger partial charge is 0.496 e. The molecule has 124 valence electrons. The number of para-hydroxylation sites is 1. The van der Waals surface area contributed by atoms with E-state index in [0.717, 1.165) is 27.9 Å². The van der Waals surface area contributed by atoms with Crippen LogP contribution in [0.1, 0.15) is 5.56 Å². The third-order valence-electron chi connectivity index (χ3n) is 3.55. The van der Waals surface area contributed by atoms with Gasteiger partial charge >= 0.3 is 0 Å². The summed E-state index contributed by atoms with van der Waals surface area (Å²) in [5.74, 6) is 1.70. The second-order valence-electron chi connectivity index (χ2n) is 5.09. The molecule has 3 aromatic rings. The van der Waals surface area contributed by atoms with Gasteiger partial charge in [-0.25, -0.2) is 4.39 Å². The summed E-state index contributed by atoms with van der Waals surface area (Å²) >= 11 is 7.55. The van der Waals surface area contributed by atoms with Gasteiger partial charge in [0.1, 0.15) is 11.6 Å². The zero-order valence-electron chi connectivity index (χ0n) is 13.2. The number of ether oxygens (including phenoxy) is 1. The molecule has 4 nitrogen and oxygen atoms in total. The van der Waals surface area contributed by atoms with E-state index in [4.69, 9.17) is 16.3 Å². The van der Waals surface area contributed by atoms with Crippen molar-refractivity contribution < 1.29 is 9.13 Å². The topological polar surface area (TPSA) is 39.9 Å². The van der Waals surface area contributed by atoms with Crippen LogP contribution in [0.4, 0.5) is 4.39 Å². The fourth-order valence-corrected chi connectivity index (χ4v) is 3.51. The monoisotopic (exact) mass is 363 g/mol. The van der Waals surface area contributed by atoms with Crippen molar-refractivity contribution in [3.05, 3.63) is 58.9 Å². The number of rotatable bonds is 5. The molecule has 0 spiro atoms. The Morgan fingerprint density at radius 1 is 1.21 bits per heavy atom.